The van der Waals surface area contributed by atoms with Crippen molar-refractivity contribution in [2.24, 2.45) is 0 Å². The Morgan fingerprint density at radius 1 is 1.25 bits per heavy atom. The Hall–Kier alpha value is -0.160. The van der Waals surface area contributed by atoms with Gasteiger partial charge in [0, 0.05) is 20.2 Å². The van der Waals surface area contributed by atoms with Crippen molar-refractivity contribution in [3.8, 4) is 0 Å². The third-order valence-corrected chi connectivity index (χ3v) is 4.37. The van der Waals surface area contributed by atoms with E-state index >= 15 is 0 Å². The lowest BCUT2D eigenvalue weighted by Crippen LogP contribution is -2.01. The second kappa shape index (κ2) is 5.45. The molecule has 2 rings (SSSR count). The van der Waals surface area contributed by atoms with Gasteiger partial charge in [0.1, 0.15) is 0 Å². The molecule has 16 heavy (non-hydrogen) atoms. The first-order valence-corrected chi connectivity index (χ1v) is 7.29. The molecule has 1 N–H and O–H groups in total. The van der Waals surface area contributed by atoms with Gasteiger partial charge in [-0.05, 0) is 29.1 Å². The standard InChI is InChI=1S/C12H10Br2OS/c13-8-3-4-10(11(14)6-8)12(15)7-9-2-1-5-16-9/h1-6,12,15H,7H2. The molecule has 0 aliphatic heterocycles. The van der Waals surface area contributed by atoms with Gasteiger partial charge in [-0.1, -0.05) is 44.0 Å². The number of hydrogen-bond acceptors (Lipinski definition) is 2. The van der Waals surface area contributed by atoms with E-state index < -0.39 is 6.10 Å². The van der Waals surface area contributed by atoms with Gasteiger partial charge >= 0.3 is 0 Å². The predicted octanol–water partition coefficient (Wildman–Crippen LogP) is 4.55. The molecular weight excluding hydrogens is 352 g/mol. The first kappa shape index (κ1) is 12.3. The second-order valence-electron chi connectivity index (χ2n) is 3.47. The summed E-state index contributed by atoms with van der Waals surface area (Å²) in [5.41, 5.74) is 0.927. The highest BCUT2D eigenvalue weighted by molar-refractivity contribution is 9.11. The highest BCUT2D eigenvalue weighted by Crippen LogP contribution is 2.29. The van der Waals surface area contributed by atoms with Gasteiger partial charge in [-0.2, -0.15) is 0 Å². The minimum absolute atomic E-state index is 0.457. The summed E-state index contributed by atoms with van der Waals surface area (Å²) in [4.78, 5) is 1.20. The number of rotatable bonds is 3. The van der Waals surface area contributed by atoms with Crippen LogP contribution in [0.5, 0.6) is 0 Å². The Morgan fingerprint density at radius 3 is 2.69 bits per heavy atom. The number of aliphatic hydroxyl groups is 1. The zero-order valence-electron chi connectivity index (χ0n) is 8.36. The molecular formula is C12H10Br2OS. The summed E-state index contributed by atoms with van der Waals surface area (Å²) in [6, 6.07) is 9.88. The normalized spacial score (nSPS) is 12.7. The molecule has 84 valence electrons. The molecule has 0 saturated carbocycles. The minimum atomic E-state index is -0.457. The maximum Gasteiger partial charge on any atom is 0.0849 e. The van der Waals surface area contributed by atoms with Crippen molar-refractivity contribution in [3.63, 3.8) is 0 Å². The average molecular weight is 362 g/mol. The molecule has 2 aromatic rings. The lowest BCUT2D eigenvalue weighted by atomic mass is 10.1. The van der Waals surface area contributed by atoms with Crippen LogP contribution in [0.2, 0.25) is 0 Å². The molecule has 0 spiro atoms. The molecule has 1 heterocycles. The molecule has 0 saturated heterocycles. The summed E-state index contributed by atoms with van der Waals surface area (Å²) >= 11 is 8.53. The molecule has 0 amide bonds. The summed E-state index contributed by atoms with van der Waals surface area (Å²) in [5, 5.41) is 12.2. The van der Waals surface area contributed by atoms with E-state index in [9.17, 15) is 5.11 Å². The summed E-state index contributed by atoms with van der Waals surface area (Å²) in [7, 11) is 0. The van der Waals surface area contributed by atoms with Crippen molar-refractivity contribution in [2.75, 3.05) is 0 Å². The molecule has 1 aromatic heterocycles. The van der Waals surface area contributed by atoms with E-state index in [1.807, 2.05) is 35.7 Å². The lowest BCUT2D eigenvalue weighted by molar-refractivity contribution is 0.178. The summed E-state index contributed by atoms with van der Waals surface area (Å²) in [6.07, 6.45) is 0.207. The van der Waals surface area contributed by atoms with Crippen LogP contribution in [0.15, 0.2) is 44.7 Å². The number of aliphatic hydroxyl groups excluding tert-OH is 1. The van der Waals surface area contributed by atoms with Crippen molar-refractivity contribution in [1.82, 2.24) is 0 Å². The van der Waals surface area contributed by atoms with Crippen LogP contribution >= 0.6 is 43.2 Å². The first-order chi connectivity index (χ1) is 7.66. The Balaban J connectivity index is 2.17. The number of benzene rings is 1. The van der Waals surface area contributed by atoms with Crippen LogP contribution < -0.4 is 0 Å². The molecule has 1 unspecified atom stereocenters. The number of halogens is 2. The van der Waals surface area contributed by atoms with Gasteiger partial charge in [0.2, 0.25) is 0 Å². The zero-order chi connectivity index (χ0) is 11.5. The van der Waals surface area contributed by atoms with E-state index in [-0.39, 0.29) is 0 Å². The van der Waals surface area contributed by atoms with Crippen LogP contribution in [0.3, 0.4) is 0 Å². The maximum absolute atomic E-state index is 10.1. The van der Waals surface area contributed by atoms with E-state index in [1.165, 1.54) is 4.88 Å². The van der Waals surface area contributed by atoms with Crippen LogP contribution in [0.1, 0.15) is 16.5 Å². The zero-order valence-corrected chi connectivity index (χ0v) is 12.3. The molecule has 0 radical (unpaired) electrons. The maximum atomic E-state index is 10.1. The fourth-order valence-electron chi connectivity index (χ4n) is 1.50. The fraction of sp³-hybridized carbons (Fsp3) is 0.167. The molecule has 0 fully saturated rings. The van der Waals surface area contributed by atoms with Gasteiger partial charge in [0.05, 0.1) is 6.10 Å². The van der Waals surface area contributed by atoms with Crippen molar-refractivity contribution in [1.29, 1.82) is 0 Å². The molecule has 0 aliphatic rings. The molecule has 4 heteroatoms. The van der Waals surface area contributed by atoms with Gasteiger partial charge in [-0.25, -0.2) is 0 Å². The summed E-state index contributed by atoms with van der Waals surface area (Å²) in [6.45, 7) is 0. The number of thiophene rings is 1. The van der Waals surface area contributed by atoms with Crippen LogP contribution in [0.25, 0.3) is 0 Å². The topological polar surface area (TPSA) is 20.2 Å². The minimum Gasteiger partial charge on any atom is -0.388 e. The van der Waals surface area contributed by atoms with Crippen LogP contribution in [-0.4, -0.2) is 5.11 Å². The fourth-order valence-corrected chi connectivity index (χ4v) is 3.56. The van der Waals surface area contributed by atoms with Crippen LogP contribution in [0, 0.1) is 0 Å². The van der Waals surface area contributed by atoms with Gasteiger partial charge in [-0.3, -0.25) is 0 Å². The smallest absolute Gasteiger partial charge is 0.0849 e. The summed E-state index contributed by atoms with van der Waals surface area (Å²) < 4.78 is 1.94. The third kappa shape index (κ3) is 2.94. The van der Waals surface area contributed by atoms with E-state index in [0.717, 1.165) is 14.5 Å². The van der Waals surface area contributed by atoms with E-state index in [1.54, 1.807) is 11.3 Å². The third-order valence-electron chi connectivity index (χ3n) is 2.30. The van der Waals surface area contributed by atoms with E-state index in [4.69, 9.17) is 0 Å². The van der Waals surface area contributed by atoms with Gasteiger partial charge in [0.25, 0.3) is 0 Å². The monoisotopic (exact) mass is 360 g/mol. The quantitative estimate of drug-likeness (QED) is 0.850. The first-order valence-electron chi connectivity index (χ1n) is 4.82. The lowest BCUT2D eigenvalue weighted by Gasteiger charge is -2.12. The van der Waals surface area contributed by atoms with Crippen molar-refractivity contribution in [2.45, 2.75) is 12.5 Å². The second-order valence-corrected chi connectivity index (χ2v) is 6.27. The SMILES string of the molecule is OC(Cc1cccs1)c1ccc(Br)cc1Br. The van der Waals surface area contributed by atoms with Crippen molar-refractivity contribution < 1.29 is 5.11 Å². The highest BCUT2D eigenvalue weighted by Gasteiger charge is 2.12. The molecule has 1 aromatic carbocycles. The van der Waals surface area contributed by atoms with Crippen molar-refractivity contribution >= 4 is 43.2 Å². The number of hydrogen-bond donors (Lipinski definition) is 1. The molecule has 0 bridgehead atoms. The molecule has 1 nitrogen and oxygen atoms in total. The van der Waals surface area contributed by atoms with Crippen molar-refractivity contribution in [3.05, 3.63) is 55.1 Å². The van der Waals surface area contributed by atoms with Crippen LogP contribution in [-0.2, 0) is 6.42 Å². The Labute approximate surface area is 115 Å². The van der Waals surface area contributed by atoms with E-state index in [0.29, 0.717) is 6.42 Å². The molecule has 0 aliphatic carbocycles. The molecule has 1 atom stereocenters. The average Bonchev–Trinajstić information content (AvgIpc) is 2.70. The van der Waals surface area contributed by atoms with Gasteiger partial charge in [0.15, 0.2) is 0 Å². The largest absolute Gasteiger partial charge is 0.388 e. The Kier molecular flexibility index (Phi) is 4.19. The highest BCUT2D eigenvalue weighted by atomic mass is 79.9. The van der Waals surface area contributed by atoms with Crippen LogP contribution in [0.4, 0.5) is 0 Å². The van der Waals surface area contributed by atoms with Gasteiger partial charge in [-0.15, -0.1) is 11.3 Å². The van der Waals surface area contributed by atoms with E-state index in [2.05, 4.69) is 31.9 Å². The summed E-state index contributed by atoms with van der Waals surface area (Å²) in [5.74, 6) is 0. The predicted molar refractivity (Wildman–Crippen MR) is 74.8 cm³/mol. The Morgan fingerprint density at radius 2 is 2.06 bits per heavy atom. The van der Waals surface area contributed by atoms with Gasteiger partial charge < -0.3 is 5.11 Å². The Bertz CT molecular complexity index is 468.